The van der Waals surface area contributed by atoms with Crippen LogP contribution < -0.4 is 4.74 Å². The number of carbonyl (C=O) groups is 3. The van der Waals surface area contributed by atoms with E-state index in [1.807, 2.05) is 60.7 Å². The van der Waals surface area contributed by atoms with Gasteiger partial charge in [-0.1, -0.05) is 170 Å². The fourth-order valence-electron chi connectivity index (χ4n) is 9.20. The Morgan fingerprint density at radius 3 is 1.29 bits per heavy atom. The van der Waals surface area contributed by atoms with Crippen LogP contribution in [0.1, 0.15) is 77.8 Å². The first-order valence-corrected chi connectivity index (χ1v) is 20.8. The largest absolute Gasteiger partial charge is 0.478 e. The number of fused-ring (bicyclic) bond motifs is 3. The van der Waals surface area contributed by atoms with E-state index in [0.29, 0.717) is 23.3 Å². The second-order valence-electron chi connectivity index (χ2n) is 15.9. The number of carboxylic acid groups (broad SMARTS) is 2. The monoisotopic (exact) mass is 822 g/mol. The van der Waals surface area contributed by atoms with Crippen molar-refractivity contribution in [3.8, 4) is 5.75 Å². The molecule has 0 heterocycles. The summed E-state index contributed by atoms with van der Waals surface area (Å²) in [7, 11) is 0. The van der Waals surface area contributed by atoms with Gasteiger partial charge in [0.1, 0.15) is 5.75 Å². The van der Waals surface area contributed by atoms with E-state index in [2.05, 4.69) is 127 Å². The van der Waals surface area contributed by atoms with Gasteiger partial charge in [0, 0.05) is 0 Å². The van der Waals surface area contributed by atoms with E-state index in [4.69, 9.17) is 9.84 Å². The quantitative estimate of drug-likeness (QED) is 0.105. The molecule has 1 fully saturated rings. The number of aromatic carboxylic acids is 2. The van der Waals surface area contributed by atoms with E-state index in [-0.39, 0.29) is 23.7 Å². The van der Waals surface area contributed by atoms with Gasteiger partial charge in [-0.25, -0.2) is 9.59 Å². The molecular formula is C57H42O6. The van der Waals surface area contributed by atoms with Crippen molar-refractivity contribution in [1.82, 2.24) is 0 Å². The lowest BCUT2D eigenvalue weighted by molar-refractivity contribution is -0.120. The molecule has 1 saturated carbocycles. The molecule has 1 aliphatic carbocycles. The molecule has 2 N–H and O–H groups in total. The minimum absolute atomic E-state index is 0.205. The van der Waals surface area contributed by atoms with E-state index in [9.17, 15) is 19.5 Å². The zero-order chi connectivity index (χ0) is 43.3. The van der Waals surface area contributed by atoms with Gasteiger partial charge in [-0.15, -0.1) is 0 Å². The number of carbonyl (C=O) groups excluding carboxylic acids is 1. The molecule has 9 aromatic carbocycles. The predicted octanol–water partition coefficient (Wildman–Crippen LogP) is 13.4. The van der Waals surface area contributed by atoms with Crippen LogP contribution in [0, 0.1) is 0 Å². The molecule has 1 aliphatic rings. The van der Waals surface area contributed by atoms with Crippen molar-refractivity contribution in [2.75, 3.05) is 0 Å². The number of carboxylic acids is 2. The Bertz CT molecular complexity index is 3140. The average molecular weight is 823 g/mol. The second kappa shape index (κ2) is 17.9. The third-order valence-electron chi connectivity index (χ3n) is 12.2. The Hall–Kier alpha value is -8.09. The van der Waals surface area contributed by atoms with Gasteiger partial charge >= 0.3 is 11.9 Å². The lowest BCUT2D eigenvalue weighted by atomic mass is 9.49. The van der Waals surface area contributed by atoms with Crippen molar-refractivity contribution in [3.63, 3.8) is 0 Å². The van der Waals surface area contributed by atoms with Gasteiger partial charge in [0.15, 0.2) is 0 Å². The molecule has 4 atom stereocenters. The maximum atomic E-state index is 11.6. The fourth-order valence-corrected chi connectivity index (χ4v) is 9.20. The first-order chi connectivity index (χ1) is 30.8. The predicted molar refractivity (Wildman–Crippen MR) is 252 cm³/mol. The van der Waals surface area contributed by atoms with Gasteiger partial charge in [0.25, 0.3) is 6.47 Å². The van der Waals surface area contributed by atoms with Gasteiger partial charge in [-0.2, -0.15) is 0 Å². The van der Waals surface area contributed by atoms with E-state index < -0.39 is 11.9 Å². The number of rotatable bonds is 10. The maximum Gasteiger partial charge on any atom is 0.335 e. The zero-order valence-corrected chi connectivity index (χ0v) is 34.1. The first-order valence-electron chi connectivity index (χ1n) is 20.8. The molecule has 10 rings (SSSR count). The van der Waals surface area contributed by atoms with E-state index in [0.717, 1.165) is 43.4 Å². The highest BCUT2D eigenvalue weighted by Gasteiger charge is 2.52. The molecule has 0 saturated heterocycles. The molecule has 0 aromatic heterocycles. The second-order valence-corrected chi connectivity index (χ2v) is 15.9. The third kappa shape index (κ3) is 8.61. The van der Waals surface area contributed by atoms with Crippen molar-refractivity contribution in [1.29, 1.82) is 0 Å². The highest BCUT2D eigenvalue weighted by molar-refractivity contribution is 5.96. The Morgan fingerprint density at radius 2 is 0.778 bits per heavy atom. The molecule has 0 spiro atoms. The van der Waals surface area contributed by atoms with E-state index >= 15 is 0 Å². The summed E-state index contributed by atoms with van der Waals surface area (Å²) in [4.78, 5) is 33.4. The Morgan fingerprint density at radius 1 is 0.381 bits per heavy atom. The van der Waals surface area contributed by atoms with E-state index in [1.54, 1.807) is 24.3 Å². The minimum atomic E-state index is -0.920. The molecule has 0 bridgehead atoms. The molecular weight excluding hydrogens is 781 g/mol. The summed E-state index contributed by atoms with van der Waals surface area (Å²) in [5, 5.41) is 24.5. The van der Waals surface area contributed by atoms with Crippen LogP contribution >= 0.6 is 0 Å². The smallest absolute Gasteiger partial charge is 0.335 e. The topological polar surface area (TPSA) is 101 Å². The van der Waals surface area contributed by atoms with Crippen LogP contribution in [0.25, 0.3) is 44.5 Å². The first kappa shape index (κ1) is 40.3. The summed E-state index contributed by atoms with van der Waals surface area (Å²) in [6, 6.07) is 67.0. The van der Waals surface area contributed by atoms with Gasteiger partial charge in [0.2, 0.25) is 0 Å². The molecule has 6 nitrogen and oxygen atoms in total. The molecule has 6 heteroatoms. The van der Waals surface area contributed by atoms with E-state index in [1.165, 1.54) is 22.3 Å². The number of hydrogen-bond acceptors (Lipinski definition) is 4. The SMILES string of the molecule is O=C(O)c1ccc2cc(/C=C/c3ccccc3)ccc2c1.O=COc1ccc2cc([C@@H]3[C@@H](c4ccccc4)[C@@H](c4ccccc4)[C@@H]3c3ccc4cc(C(=O)O)ccc4c3)ccc2c1. The molecule has 0 amide bonds. The molecule has 63 heavy (non-hydrogen) atoms. The zero-order valence-electron chi connectivity index (χ0n) is 34.1. The molecule has 9 aromatic rings. The van der Waals surface area contributed by atoms with Crippen LogP contribution in [-0.2, 0) is 4.79 Å². The molecule has 0 unspecified atom stereocenters. The highest BCUT2D eigenvalue weighted by atomic mass is 16.5. The summed E-state index contributed by atoms with van der Waals surface area (Å²) >= 11 is 0. The maximum absolute atomic E-state index is 11.6. The van der Waals surface area contributed by atoms with Crippen molar-refractivity contribution in [3.05, 3.63) is 245 Å². The van der Waals surface area contributed by atoms with Crippen molar-refractivity contribution in [2.24, 2.45) is 0 Å². The summed E-state index contributed by atoms with van der Waals surface area (Å²) < 4.78 is 5.08. The Labute approximate surface area is 365 Å². The Balaban J connectivity index is 0.000000201. The molecule has 306 valence electrons. The van der Waals surface area contributed by atoms with Crippen LogP contribution in [0.2, 0.25) is 0 Å². The average Bonchev–Trinajstić information content (AvgIpc) is 3.31. The summed E-state index contributed by atoms with van der Waals surface area (Å²) in [5.41, 5.74) is 7.98. The summed E-state index contributed by atoms with van der Waals surface area (Å²) in [5.74, 6) is -0.353. The lowest BCUT2D eigenvalue weighted by Gasteiger charge is -2.54. The third-order valence-corrected chi connectivity index (χ3v) is 12.2. The van der Waals surface area contributed by atoms with Crippen LogP contribution in [-0.4, -0.2) is 28.6 Å². The fraction of sp³-hybridized carbons (Fsp3) is 0.0702. The Kier molecular flexibility index (Phi) is 11.4. The lowest BCUT2D eigenvalue weighted by Crippen LogP contribution is -2.40. The van der Waals surface area contributed by atoms with Crippen molar-refractivity contribution < 1.29 is 29.3 Å². The summed E-state index contributed by atoms with van der Waals surface area (Å²) in [6.45, 7) is 0.453. The van der Waals surface area contributed by atoms with Gasteiger partial charge in [-0.3, -0.25) is 4.79 Å². The van der Waals surface area contributed by atoms with Gasteiger partial charge < -0.3 is 14.9 Å². The van der Waals surface area contributed by atoms with Crippen LogP contribution in [0.5, 0.6) is 5.75 Å². The van der Waals surface area contributed by atoms with Crippen LogP contribution in [0.3, 0.4) is 0 Å². The van der Waals surface area contributed by atoms with Gasteiger partial charge in [-0.05, 0) is 132 Å². The minimum Gasteiger partial charge on any atom is -0.478 e. The normalized spacial score (nSPS) is 16.8. The summed E-state index contributed by atoms with van der Waals surface area (Å²) in [6.07, 6.45) is 4.12. The molecule has 0 radical (unpaired) electrons. The van der Waals surface area contributed by atoms with Crippen molar-refractivity contribution in [2.45, 2.75) is 23.7 Å². The van der Waals surface area contributed by atoms with Crippen LogP contribution in [0.4, 0.5) is 0 Å². The number of benzene rings is 9. The number of hydrogen-bond donors (Lipinski definition) is 2. The highest BCUT2D eigenvalue weighted by Crippen LogP contribution is 2.66. The number of ether oxygens (including phenoxy) is 1. The van der Waals surface area contributed by atoms with Gasteiger partial charge in [0.05, 0.1) is 11.1 Å². The standard InChI is InChI=1S/C38H28O4.C19H14O2/c39-23-42-33-18-17-28-20-31(15-12-29(28)22-33)37-35(25-9-5-2-6-10-25)34(24-7-3-1-4-8-24)36(37)30-14-11-27-21-32(38(40)41)16-13-26(27)19-30;20-19(21)18-11-10-16-12-15(8-9-17(16)13-18)7-6-14-4-2-1-3-5-14/h1-23,34-37H,(H,40,41);1-13H,(H,20,21)/b;7-6+/t34-,35+,36+,37-;/m1./s1. The molecule has 0 aliphatic heterocycles. The van der Waals surface area contributed by atoms with Crippen molar-refractivity contribution >= 4 is 62.9 Å². The van der Waals surface area contributed by atoms with Crippen LogP contribution in [0.15, 0.2) is 200 Å².